The molecule has 0 radical (unpaired) electrons. The molecular weight excluding hydrogens is 422 g/mol. The van der Waals surface area contributed by atoms with E-state index in [1.54, 1.807) is 0 Å². The van der Waals surface area contributed by atoms with Crippen molar-refractivity contribution in [2.45, 2.75) is 54.8 Å². The van der Waals surface area contributed by atoms with Crippen LogP contribution >= 0.6 is 7.82 Å². The molecule has 0 aromatic heterocycles. The standard InChI is InChI=1S/C12H23O14P.Na.H/c13-1-4-6(16)8(18)9(19)11(23-4)25-12(3-15)10(26-27(20,21)22)7(17)5(2-14)24-12;;/h4-11,13-19H,1-3H2,(H2,20,21,22);;/q;+1;-1/t4-,5-,6-,7-,8+,9-,10+,11-,12+;;/m1../s1. The number of hydrogen-bond donors (Lipinski definition) is 9. The number of ether oxygens (including phenoxy) is 3. The van der Waals surface area contributed by atoms with Gasteiger partial charge in [0, 0.05) is 0 Å². The van der Waals surface area contributed by atoms with Crippen LogP contribution in [0.3, 0.4) is 0 Å². The first-order valence-corrected chi connectivity index (χ1v) is 9.32. The average Bonchev–Trinajstić information content (AvgIpc) is 2.86. The Labute approximate surface area is 182 Å². The van der Waals surface area contributed by atoms with Gasteiger partial charge < -0.3 is 61.2 Å². The smallest absolute Gasteiger partial charge is 1.00 e. The van der Waals surface area contributed by atoms with Crippen molar-refractivity contribution >= 4 is 7.82 Å². The van der Waals surface area contributed by atoms with E-state index in [0.717, 1.165) is 0 Å². The van der Waals surface area contributed by atoms with Gasteiger partial charge in [-0.05, 0) is 0 Å². The van der Waals surface area contributed by atoms with E-state index in [1.165, 1.54) is 0 Å². The Morgan fingerprint density at radius 2 is 1.50 bits per heavy atom. The summed E-state index contributed by atoms with van der Waals surface area (Å²) in [5, 5.41) is 67.8. The van der Waals surface area contributed by atoms with Gasteiger partial charge in [-0.25, -0.2) is 4.57 Å². The molecule has 9 N–H and O–H groups in total. The van der Waals surface area contributed by atoms with Gasteiger partial charge in [0.05, 0.1) is 13.2 Å². The van der Waals surface area contributed by atoms with Gasteiger partial charge in [-0.3, -0.25) is 4.52 Å². The van der Waals surface area contributed by atoms with E-state index >= 15 is 0 Å². The van der Waals surface area contributed by atoms with Crippen LogP contribution in [-0.2, 0) is 23.3 Å². The predicted molar refractivity (Wildman–Crippen MR) is 80.7 cm³/mol. The van der Waals surface area contributed by atoms with Crippen molar-refractivity contribution in [1.29, 1.82) is 0 Å². The van der Waals surface area contributed by atoms with Gasteiger partial charge in [0.1, 0.15) is 43.2 Å². The maximum atomic E-state index is 11.2. The summed E-state index contributed by atoms with van der Waals surface area (Å²) in [5.74, 6) is -2.53. The molecule has 16 heteroatoms. The largest absolute Gasteiger partial charge is 1.00 e. The van der Waals surface area contributed by atoms with E-state index in [9.17, 15) is 40.3 Å². The Balaban J connectivity index is 0.00000392. The molecule has 28 heavy (non-hydrogen) atoms. The van der Waals surface area contributed by atoms with Crippen LogP contribution in [-0.4, -0.2) is 120 Å². The molecule has 0 bridgehead atoms. The second-order valence-corrected chi connectivity index (χ2v) is 7.32. The third-order valence-corrected chi connectivity index (χ3v) is 4.79. The molecule has 0 aromatic rings. The van der Waals surface area contributed by atoms with Crippen molar-refractivity contribution in [3.05, 3.63) is 0 Å². The van der Waals surface area contributed by atoms with Crippen LogP contribution in [0.15, 0.2) is 0 Å². The van der Waals surface area contributed by atoms with Gasteiger partial charge in [0.2, 0.25) is 5.79 Å². The molecule has 162 valence electrons. The van der Waals surface area contributed by atoms with Crippen molar-refractivity contribution in [3.63, 3.8) is 0 Å². The predicted octanol–water partition coefficient (Wildman–Crippen LogP) is -8.16. The third kappa shape index (κ3) is 5.49. The monoisotopic (exact) mass is 446 g/mol. The summed E-state index contributed by atoms with van der Waals surface area (Å²) in [6, 6.07) is 0. The molecule has 2 saturated heterocycles. The molecule has 14 nitrogen and oxygen atoms in total. The van der Waals surface area contributed by atoms with Crippen molar-refractivity contribution in [3.8, 4) is 0 Å². The molecule has 0 unspecified atom stereocenters. The van der Waals surface area contributed by atoms with Crippen molar-refractivity contribution in [1.82, 2.24) is 0 Å². The topological polar surface area (TPSA) is 236 Å². The SMILES string of the molecule is O=P(O)(O)O[C@H]1[C@H](O)[C@@H](CO)O[C@@]1(CO)O[C@H]1O[C@H](CO)[C@@H](O)[C@H](O)[C@H]1O.[H-].[Na+]. The van der Waals surface area contributed by atoms with E-state index in [1.807, 2.05) is 0 Å². The summed E-state index contributed by atoms with van der Waals surface area (Å²) >= 11 is 0. The normalized spacial score (nSPS) is 44.3. The Bertz CT molecular complexity index is 553. The number of phosphoric acid groups is 1. The molecule has 0 amide bonds. The molecule has 0 aliphatic carbocycles. The summed E-state index contributed by atoms with van der Waals surface area (Å²) in [6.45, 7) is -2.82. The Hall–Kier alpha value is 0.710. The number of aliphatic hydroxyl groups excluding tert-OH is 7. The van der Waals surface area contributed by atoms with Crippen LogP contribution in [0, 0.1) is 0 Å². The summed E-state index contributed by atoms with van der Waals surface area (Å²) < 4.78 is 31.1. The minimum absolute atomic E-state index is 0. The molecule has 2 aliphatic rings. The van der Waals surface area contributed by atoms with E-state index in [4.69, 9.17) is 24.0 Å². The van der Waals surface area contributed by atoms with Crippen LogP contribution < -0.4 is 29.6 Å². The van der Waals surface area contributed by atoms with Crippen LogP contribution in [0.5, 0.6) is 0 Å². The first kappa shape index (κ1) is 26.7. The van der Waals surface area contributed by atoms with Gasteiger partial charge in [-0.2, -0.15) is 0 Å². The molecule has 0 aromatic carbocycles. The molecule has 0 saturated carbocycles. The van der Waals surface area contributed by atoms with Crippen LogP contribution in [0.4, 0.5) is 0 Å². The molecule has 0 spiro atoms. The van der Waals surface area contributed by atoms with Gasteiger partial charge in [0.15, 0.2) is 12.4 Å². The number of hydrogen-bond acceptors (Lipinski definition) is 12. The molecule has 9 atom stereocenters. The summed E-state index contributed by atoms with van der Waals surface area (Å²) in [5.41, 5.74) is 0. The van der Waals surface area contributed by atoms with Crippen LogP contribution in [0.2, 0.25) is 0 Å². The molecule has 2 rings (SSSR count). The Morgan fingerprint density at radius 3 is 1.96 bits per heavy atom. The van der Waals surface area contributed by atoms with E-state index in [2.05, 4.69) is 4.52 Å². The van der Waals surface area contributed by atoms with Crippen LogP contribution in [0.1, 0.15) is 1.43 Å². The number of aliphatic hydroxyl groups is 7. The zero-order valence-corrected chi connectivity index (χ0v) is 17.6. The zero-order chi connectivity index (χ0) is 20.6. The van der Waals surface area contributed by atoms with Crippen molar-refractivity contribution < 1.29 is 99.8 Å². The summed E-state index contributed by atoms with van der Waals surface area (Å²) in [6.07, 6.45) is -14.1. The number of phosphoric ester groups is 1. The second kappa shape index (κ2) is 10.3. The zero-order valence-electron chi connectivity index (χ0n) is 15.8. The Kier molecular flexibility index (Phi) is 9.88. The van der Waals surface area contributed by atoms with E-state index < -0.39 is 82.4 Å². The fourth-order valence-corrected chi connectivity index (χ4v) is 3.49. The van der Waals surface area contributed by atoms with Crippen LogP contribution in [0.25, 0.3) is 0 Å². The Morgan fingerprint density at radius 1 is 0.929 bits per heavy atom. The minimum Gasteiger partial charge on any atom is -1.00 e. The molecule has 2 aliphatic heterocycles. The van der Waals surface area contributed by atoms with Gasteiger partial charge >= 0.3 is 37.4 Å². The van der Waals surface area contributed by atoms with Gasteiger partial charge in [0.25, 0.3) is 0 Å². The first-order valence-electron chi connectivity index (χ1n) is 7.79. The fraction of sp³-hybridized carbons (Fsp3) is 1.00. The third-order valence-electron chi connectivity index (χ3n) is 4.29. The summed E-state index contributed by atoms with van der Waals surface area (Å²) in [4.78, 5) is 18.1. The minimum atomic E-state index is -5.24. The maximum Gasteiger partial charge on any atom is 1.00 e. The second-order valence-electron chi connectivity index (χ2n) is 6.13. The van der Waals surface area contributed by atoms with Crippen molar-refractivity contribution in [2.24, 2.45) is 0 Å². The van der Waals surface area contributed by atoms with E-state index in [0.29, 0.717) is 0 Å². The van der Waals surface area contributed by atoms with E-state index in [-0.39, 0.29) is 31.0 Å². The molecule has 2 fully saturated rings. The summed E-state index contributed by atoms with van der Waals surface area (Å²) in [7, 11) is -5.24. The average molecular weight is 446 g/mol. The maximum absolute atomic E-state index is 11.2. The quantitative estimate of drug-likeness (QED) is 0.130. The van der Waals surface area contributed by atoms with Gasteiger partial charge in [-0.1, -0.05) is 0 Å². The van der Waals surface area contributed by atoms with Gasteiger partial charge in [-0.15, -0.1) is 0 Å². The molecule has 2 heterocycles. The first-order chi connectivity index (χ1) is 12.5. The molecular formula is C12H24NaO14P. The van der Waals surface area contributed by atoms with Crippen molar-refractivity contribution in [2.75, 3.05) is 19.8 Å². The fourth-order valence-electron chi connectivity index (χ4n) is 2.90. The number of rotatable bonds is 7.